The van der Waals surface area contributed by atoms with Gasteiger partial charge in [-0.25, -0.2) is 0 Å². The lowest BCUT2D eigenvalue weighted by Crippen LogP contribution is -2.09. The summed E-state index contributed by atoms with van der Waals surface area (Å²) in [5.41, 5.74) is 0.799. The highest BCUT2D eigenvalue weighted by molar-refractivity contribution is 9.10. The number of halogens is 2. The van der Waals surface area contributed by atoms with E-state index in [1.54, 1.807) is 30.5 Å². The lowest BCUT2D eigenvalue weighted by Gasteiger charge is -2.09. The molecule has 0 N–H and O–H groups in total. The van der Waals surface area contributed by atoms with E-state index in [0.717, 1.165) is 5.52 Å². The van der Waals surface area contributed by atoms with Crippen LogP contribution in [0.3, 0.4) is 0 Å². The molecule has 1 aromatic heterocycles. The number of allylic oxidation sites excluding steroid dienone is 1. The van der Waals surface area contributed by atoms with Crippen molar-refractivity contribution in [2.24, 2.45) is 0 Å². The van der Waals surface area contributed by atoms with Gasteiger partial charge in [0.15, 0.2) is 0 Å². The van der Waals surface area contributed by atoms with Crippen LogP contribution in [0.25, 0.3) is 10.9 Å². The molecule has 0 radical (unpaired) electrons. The summed E-state index contributed by atoms with van der Waals surface area (Å²) < 4.78 is 2.48. The average Bonchev–Trinajstić information content (AvgIpc) is 2.26. The van der Waals surface area contributed by atoms with Crippen molar-refractivity contribution in [2.75, 3.05) is 0 Å². The van der Waals surface area contributed by atoms with Gasteiger partial charge in [-0.1, -0.05) is 17.7 Å². The zero-order chi connectivity index (χ0) is 11.7. The van der Waals surface area contributed by atoms with Crippen molar-refractivity contribution < 1.29 is 0 Å². The Kier molecular flexibility index (Phi) is 3.17. The zero-order valence-electron chi connectivity index (χ0n) is 8.41. The number of fused-ring (bicyclic) bond motifs is 1. The highest BCUT2D eigenvalue weighted by Crippen LogP contribution is 2.19. The number of hydrogen-bond acceptors (Lipinski definition) is 1. The molecule has 1 aromatic carbocycles. The molecular formula is C12H9BrClNO. The molecule has 1 heterocycles. The normalized spacial score (nSPS) is 10.6. The van der Waals surface area contributed by atoms with Gasteiger partial charge in [0.1, 0.15) is 0 Å². The van der Waals surface area contributed by atoms with Gasteiger partial charge in [-0.15, -0.1) is 6.58 Å². The summed E-state index contributed by atoms with van der Waals surface area (Å²) in [7, 11) is 0. The van der Waals surface area contributed by atoms with Gasteiger partial charge in [-0.2, -0.15) is 0 Å². The molecule has 0 atom stereocenters. The maximum Gasteiger partial charge on any atom is 0.203 e. The van der Waals surface area contributed by atoms with Gasteiger partial charge < -0.3 is 4.57 Å². The summed E-state index contributed by atoms with van der Waals surface area (Å²) >= 11 is 9.19. The van der Waals surface area contributed by atoms with Crippen molar-refractivity contribution >= 4 is 38.4 Å². The number of pyridine rings is 1. The molecule has 0 bridgehead atoms. The molecule has 2 nitrogen and oxygen atoms in total. The van der Waals surface area contributed by atoms with Crippen molar-refractivity contribution in [3.63, 3.8) is 0 Å². The van der Waals surface area contributed by atoms with Gasteiger partial charge >= 0.3 is 0 Å². The van der Waals surface area contributed by atoms with E-state index in [1.807, 2.05) is 4.57 Å². The summed E-state index contributed by atoms with van der Waals surface area (Å²) in [5, 5.41) is 1.27. The monoisotopic (exact) mass is 297 g/mol. The number of nitrogens with zero attached hydrogens (tertiary/aromatic N) is 1. The summed E-state index contributed by atoms with van der Waals surface area (Å²) in [6.45, 7) is 4.32. The highest BCUT2D eigenvalue weighted by atomic mass is 79.9. The smallest absolute Gasteiger partial charge is 0.203 e. The summed E-state index contributed by atoms with van der Waals surface area (Å²) in [4.78, 5) is 11.9. The van der Waals surface area contributed by atoms with Crippen LogP contribution in [0.1, 0.15) is 0 Å². The van der Waals surface area contributed by atoms with E-state index in [9.17, 15) is 4.79 Å². The van der Waals surface area contributed by atoms with Gasteiger partial charge in [0.05, 0.1) is 9.99 Å². The fourth-order valence-electron chi connectivity index (χ4n) is 1.62. The Bertz CT molecular complexity index is 618. The Labute approximate surface area is 106 Å². The van der Waals surface area contributed by atoms with Crippen molar-refractivity contribution in [2.45, 2.75) is 6.54 Å². The Morgan fingerprint density at radius 3 is 2.94 bits per heavy atom. The summed E-state index contributed by atoms with van der Waals surface area (Å²) in [6, 6.07) is 5.24. The van der Waals surface area contributed by atoms with Crippen LogP contribution in [0, 0.1) is 0 Å². The molecule has 0 amide bonds. The molecule has 0 aliphatic carbocycles. The Morgan fingerprint density at radius 2 is 2.25 bits per heavy atom. The minimum Gasteiger partial charge on any atom is -0.342 e. The van der Waals surface area contributed by atoms with Gasteiger partial charge in [-0.05, 0) is 34.1 Å². The molecule has 82 valence electrons. The molecule has 0 unspecified atom stereocenters. The van der Waals surface area contributed by atoms with Gasteiger partial charge in [-0.3, -0.25) is 4.79 Å². The van der Waals surface area contributed by atoms with E-state index < -0.39 is 0 Å². The zero-order valence-corrected chi connectivity index (χ0v) is 10.8. The van der Waals surface area contributed by atoms with Crippen LogP contribution in [0.5, 0.6) is 0 Å². The van der Waals surface area contributed by atoms with Crippen LogP contribution >= 0.6 is 27.5 Å². The molecular weight excluding hydrogens is 289 g/mol. The van der Waals surface area contributed by atoms with Crippen LogP contribution in [-0.2, 0) is 6.54 Å². The predicted octanol–water partition coefficient (Wildman–Crippen LogP) is 3.60. The van der Waals surface area contributed by atoms with E-state index >= 15 is 0 Å². The highest BCUT2D eigenvalue weighted by Gasteiger charge is 2.06. The third-order valence-electron chi connectivity index (χ3n) is 2.33. The Balaban J connectivity index is 2.89. The van der Waals surface area contributed by atoms with Gasteiger partial charge in [0.2, 0.25) is 5.43 Å². The molecule has 0 aliphatic heterocycles. The van der Waals surface area contributed by atoms with E-state index in [-0.39, 0.29) is 5.43 Å². The second kappa shape index (κ2) is 4.44. The molecule has 0 fully saturated rings. The maximum absolute atomic E-state index is 11.9. The predicted molar refractivity (Wildman–Crippen MR) is 71.1 cm³/mol. The first-order valence-electron chi connectivity index (χ1n) is 4.72. The second-order valence-corrected chi connectivity index (χ2v) is 4.70. The van der Waals surface area contributed by atoms with Crippen molar-refractivity contribution in [1.82, 2.24) is 4.57 Å². The molecule has 0 aliphatic rings. The standard InChI is InChI=1S/C12H9BrClNO/c1-2-5-15-7-10(13)12(16)9-4-3-8(14)6-11(9)15/h2-4,6-7H,1,5H2. The van der Waals surface area contributed by atoms with Crippen molar-refractivity contribution in [3.05, 3.63) is 56.8 Å². The third-order valence-corrected chi connectivity index (χ3v) is 3.13. The third kappa shape index (κ3) is 1.93. The first-order chi connectivity index (χ1) is 7.63. The lowest BCUT2D eigenvalue weighted by molar-refractivity contribution is 0.848. The molecule has 16 heavy (non-hydrogen) atoms. The van der Waals surface area contributed by atoms with Crippen LogP contribution in [0.15, 0.2) is 46.3 Å². The fraction of sp³-hybridized carbons (Fsp3) is 0.0833. The number of aromatic nitrogens is 1. The van der Waals surface area contributed by atoms with Crippen molar-refractivity contribution in [1.29, 1.82) is 0 Å². The van der Waals surface area contributed by atoms with E-state index in [2.05, 4.69) is 22.5 Å². The molecule has 2 aromatic rings. The fourth-order valence-corrected chi connectivity index (χ4v) is 2.25. The Hall–Kier alpha value is -1.06. The Morgan fingerprint density at radius 1 is 1.50 bits per heavy atom. The van der Waals surface area contributed by atoms with E-state index in [1.165, 1.54) is 0 Å². The minimum absolute atomic E-state index is 0.0213. The largest absolute Gasteiger partial charge is 0.342 e. The minimum atomic E-state index is -0.0213. The SMILES string of the molecule is C=CCn1cc(Br)c(=O)c2ccc(Cl)cc21. The summed E-state index contributed by atoms with van der Waals surface area (Å²) in [6.07, 6.45) is 3.53. The summed E-state index contributed by atoms with van der Waals surface area (Å²) in [5.74, 6) is 0. The number of benzene rings is 1. The second-order valence-electron chi connectivity index (χ2n) is 3.41. The number of rotatable bonds is 2. The van der Waals surface area contributed by atoms with Gasteiger partial charge in [0, 0.05) is 23.2 Å². The van der Waals surface area contributed by atoms with Crippen LogP contribution in [0.2, 0.25) is 5.02 Å². The van der Waals surface area contributed by atoms with Crippen molar-refractivity contribution in [3.8, 4) is 0 Å². The van der Waals surface area contributed by atoms with Crippen LogP contribution in [-0.4, -0.2) is 4.57 Å². The molecule has 0 saturated heterocycles. The first kappa shape index (κ1) is 11.4. The van der Waals surface area contributed by atoms with Gasteiger partial charge in [0.25, 0.3) is 0 Å². The quantitative estimate of drug-likeness (QED) is 0.776. The van der Waals surface area contributed by atoms with Crippen LogP contribution < -0.4 is 5.43 Å². The van der Waals surface area contributed by atoms with Crippen LogP contribution in [0.4, 0.5) is 0 Å². The molecule has 0 spiro atoms. The topological polar surface area (TPSA) is 22.0 Å². The van der Waals surface area contributed by atoms with E-state index in [0.29, 0.717) is 21.4 Å². The number of hydrogen-bond donors (Lipinski definition) is 0. The lowest BCUT2D eigenvalue weighted by atomic mass is 10.2. The first-order valence-corrected chi connectivity index (χ1v) is 5.89. The van der Waals surface area contributed by atoms with E-state index in [4.69, 9.17) is 11.6 Å². The average molecular weight is 299 g/mol. The molecule has 0 saturated carbocycles. The molecule has 4 heteroatoms. The molecule has 2 rings (SSSR count). The maximum atomic E-state index is 11.9.